The normalized spacial score (nSPS) is 11.5. The molecule has 1 heterocycles. The number of hydrogen-bond donors (Lipinski definition) is 1. The predicted molar refractivity (Wildman–Crippen MR) is 52.8 cm³/mol. The molecule has 0 aliphatic heterocycles. The van der Waals surface area contributed by atoms with E-state index in [4.69, 9.17) is 0 Å². The van der Waals surface area contributed by atoms with Crippen molar-refractivity contribution >= 4 is 0 Å². The van der Waals surface area contributed by atoms with Crippen LogP contribution in [0.5, 0.6) is 5.75 Å². The maximum absolute atomic E-state index is 9.53. The molecule has 1 aromatic rings. The van der Waals surface area contributed by atoms with Crippen LogP contribution < -0.4 is 0 Å². The molecule has 0 aromatic carbocycles. The molecule has 0 aliphatic carbocycles. The molecule has 0 saturated carbocycles. The molecule has 0 bridgehead atoms. The molecule has 0 amide bonds. The summed E-state index contributed by atoms with van der Waals surface area (Å²) in [5.74, 6) is 1.16. The smallest absolute Gasteiger partial charge is 0.157 e. The van der Waals surface area contributed by atoms with Crippen molar-refractivity contribution in [3.8, 4) is 5.75 Å². The molecule has 0 fully saturated rings. The molecule has 0 spiro atoms. The van der Waals surface area contributed by atoms with Gasteiger partial charge in [0.1, 0.15) is 5.69 Å². The topological polar surface area (TPSA) is 38.0 Å². The Balaban J connectivity index is 2.82. The molecule has 13 heavy (non-hydrogen) atoms. The first-order valence-electron chi connectivity index (χ1n) is 4.77. The number of rotatable bonds is 3. The number of aromatic hydroxyl groups is 1. The van der Waals surface area contributed by atoms with Gasteiger partial charge in [-0.1, -0.05) is 27.7 Å². The monoisotopic (exact) mass is 182 g/mol. The van der Waals surface area contributed by atoms with E-state index in [1.54, 1.807) is 6.20 Å². The lowest BCUT2D eigenvalue weighted by Gasteiger charge is -2.03. The van der Waals surface area contributed by atoms with Crippen molar-refractivity contribution in [2.45, 2.75) is 40.2 Å². The Morgan fingerprint density at radius 1 is 1.38 bits per heavy atom. The quantitative estimate of drug-likeness (QED) is 0.779. The Hall–Kier alpha value is -0.990. The molecule has 1 N–H and O–H groups in total. The van der Waals surface area contributed by atoms with Crippen molar-refractivity contribution in [1.29, 1.82) is 0 Å². The van der Waals surface area contributed by atoms with Crippen molar-refractivity contribution in [2.24, 2.45) is 5.92 Å². The van der Waals surface area contributed by atoms with Crippen LogP contribution in [0.4, 0.5) is 0 Å². The summed E-state index contributed by atoms with van der Waals surface area (Å²) in [6.07, 6.45) is 1.70. The lowest BCUT2D eigenvalue weighted by molar-refractivity contribution is 0.460. The Morgan fingerprint density at radius 2 is 2.00 bits per heavy atom. The van der Waals surface area contributed by atoms with Gasteiger partial charge in [0, 0.05) is 12.5 Å². The van der Waals surface area contributed by atoms with Gasteiger partial charge in [-0.05, 0) is 5.92 Å². The van der Waals surface area contributed by atoms with Crippen molar-refractivity contribution < 1.29 is 5.11 Å². The Kier molecular flexibility index (Phi) is 2.96. The second-order valence-corrected chi connectivity index (χ2v) is 4.17. The van der Waals surface area contributed by atoms with Gasteiger partial charge in [-0.15, -0.1) is 0 Å². The lowest BCUT2D eigenvalue weighted by atomic mass is 10.1. The highest BCUT2D eigenvalue weighted by Crippen LogP contribution is 2.23. The van der Waals surface area contributed by atoms with Gasteiger partial charge in [0.25, 0.3) is 0 Å². The molecule has 1 aromatic heterocycles. The van der Waals surface area contributed by atoms with Crippen LogP contribution in [0, 0.1) is 5.92 Å². The van der Waals surface area contributed by atoms with Crippen LogP contribution in [0.25, 0.3) is 0 Å². The highest BCUT2D eigenvalue weighted by Gasteiger charge is 2.11. The Morgan fingerprint density at radius 3 is 2.38 bits per heavy atom. The second-order valence-electron chi connectivity index (χ2n) is 4.17. The number of aromatic nitrogens is 2. The van der Waals surface area contributed by atoms with Gasteiger partial charge >= 0.3 is 0 Å². The summed E-state index contributed by atoms with van der Waals surface area (Å²) in [6.45, 7) is 9.19. The zero-order valence-electron chi connectivity index (χ0n) is 8.78. The fraction of sp³-hybridized carbons (Fsp3) is 0.700. The van der Waals surface area contributed by atoms with Crippen LogP contribution in [0.2, 0.25) is 0 Å². The summed E-state index contributed by atoms with van der Waals surface area (Å²) >= 11 is 0. The van der Waals surface area contributed by atoms with Crippen LogP contribution in [-0.2, 0) is 6.54 Å². The summed E-state index contributed by atoms with van der Waals surface area (Å²) in [4.78, 5) is 0. The Bertz CT molecular complexity index is 276. The predicted octanol–water partition coefficient (Wildman–Crippen LogP) is 2.37. The summed E-state index contributed by atoms with van der Waals surface area (Å²) in [7, 11) is 0. The number of nitrogens with zero attached hydrogens (tertiary/aromatic N) is 2. The second kappa shape index (κ2) is 3.81. The zero-order chi connectivity index (χ0) is 10.0. The summed E-state index contributed by atoms with van der Waals surface area (Å²) in [5, 5.41) is 13.8. The molecule has 0 aliphatic rings. The Labute approximate surface area is 79.4 Å². The van der Waals surface area contributed by atoms with E-state index in [2.05, 4.69) is 18.9 Å². The van der Waals surface area contributed by atoms with E-state index in [-0.39, 0.29) is 5.92 Å². The van der Waals surface area contributed by atoms with E-state index in [9.17, 15) is 5.11 Å². The minimum atomic E-state index is 0.286. The fourth-order valence-electron chi connectivity index (χ4n) is 1.30. The molecule has 1 rings (SSSR count). The van der Waals surface area contributed by atoms with Gasteiger partial charge in [-0.3, -0.25) is 4.68 Å². The van der Waals surface area contributed by atoms with Gasteiger partial charge in [-0.2, -0.15) is 5.10 Å². The van der Waals surface area contributed by atoms with E-state index in [0.717, 1.165) is 12.2 Å². The molecule has 0 atom stereocenters. The van der Waals surface area contributed by atoms with Crippen molar-refractivity contribution in [1.82, 2.24) is 9.78 Å². The average Bonchev–Trinajstić information content (AvgIpc) is 2.29. The van der Waals surface area contributed by atoms with Crippen molar-refractivity contribution in [3.05, 3.63) is 11.9 Å². The third-order valence-electron chi connectivity index (χ3n) is 1.87. The van der Waals surface area contributed by atoms with Crippen LogP contribution in [-0.4, -0.2) is 14.9 Å². The molecule has 3 nitrogen and oxygen atoms in total. The first-order valence-corrected chi connectivity index (χ1v) is 4.77. The molecular formula is C10H18N2O. The van der Waals surface area contributed by atoms with Crippen LogP contribution >= 0.6 is 0 Å². The highest BCUT2D eigenvalue weighted by atomic mass is 16.3. The molecule has 0 unspecified atom stereocenters. The van der Waals surface area contributed by atoms with Crippen molar-refractivity contribution in [3.63, 3.8) is 0 Å². The van der Waals surface area contributed by atoms with Gasteiger partial charge < -0.3 is 5.11 Å². The van der Waals surface area contributed by atoms with E-state index in [1.807, 2.05) is 18.5 Å². The fourth-order valence-corrected chi connectivity index (χ4v) is 1.30. The van der Waals surface area contributed by atoms with Crippen LogP contribution in [0.3, 0.4) is 0 Å². The number of hydrogen-bond acceptors (Lipinski definition) is 2. The van der Waals surface area contributed by atoms with Crippen molar-refractivity contribution in [2.75, 3.05) is 0 Å². The van der Waals surface area contributed by atoms with Gasteiger partial charge in [-0.25, -0.2) is 0 Å². The summed E-state index contributed by atoms with van der Waals surface area (Å²) < 4.78 is 1.81. The molecule has 0 radical (unpaired) electrons. The molecule has 0 saturated heterocycles. The summed E-state index contributed by atoms with van der Waals surface area (Å²) in [5.41, 5.74) is 0.792. The lowest BCUT2D eigenvalue weighted by Crippen LogP contribution is -2.05. The van der Waals surface area contributed by atoms with Crippen LogP contribution in [0.15, 0.2) is 6.20 Å². The first-order chi connectivity index (χ1) is 6.00. The molecular weight excluding hydrogens is 164 g/mol. The van der Waals surface area contributed by atoms with E-state index in [1.165, 1.54) is 0 Å². The van der Waals surface area contributed by atoms with E-state index < -0.39 is 0 Å². The first kappa shape index (κ1) is 10.1. The molecule has 74 valence electrons. The average molecular weight is 182 g/mol. The van der Waals surface area contributed by atoms with Gasteiger partial charge in [0.15, 0.2) is 5.75 Å². The zero-order valence-corrected chi connectivity index (χ0v) is 8.78. The maximum Gasteiger partial charge on any atom is 0.157 e. The minimum Gasteiger partial charge on any atom is -0.504 e. The summed E-state index contributed by atoms with van der Waals surface area (Å²) in [6, 6.07) is 0. The van der Waals surface area contributed by atoms with E-state index in [0.29, 0.717) is 11.7 Å². The SMILES string of the molecule is CC(C)Cn1cc(O)c(C(C)C)n1. The van der Waals surface area contributed by atoms with Crippen LogP contribution in [0.1, 0.15) is 39.3 Å². The third-order valence-corrected chi connectivity index (χ3v) is 1.87. The third kappa shape index (κ3) is 2.47. The largest absolute Gasteiger partial charge is 0.504 e. The standard InChI is InChI=1S/C10H18N2O/c1-7(2)5-12-6-9(13)10(11-12)8(3)4/h6-8,13H,5H2,1-4H3. The highest BCUT2D eigenvalue weighted by molar-refractivity contribution is 5.25. The van der Waals surface area contributed by atoms with E-state index >= 15 is 0 Å². The minimum absolute atomic E-state index is 0.286. The van der Waals surface area contributed by atoms with Gasteiger partial charge in [0.2, 0.25) is 0 Å². The maximum atomic E-state index is 9.53. The molecule has 3 heteroatoms. The van der Waals surface area contributed by atoms with Gasteiger partial charge in [0.05, 0.1) is 6.20 Å².